The fourth-order valence-electron chi connectivity index (χ4n) is 1.68. The maximum Gasteiger partial charge on any atom is 0.326 e. The fraction of sp³-hybridized carbons (Fsp3) is 0.727. The Labute approximate surface area is 104 Å². The van der Waals surface area contributed by atoms with E-state index in [-0.39, 0.29) is 32.0 Å². The first kappa shape index (κ1) is 14.4. The highest BCUT2D eigenvalue weighted by atomic mass is 16.5. The van der Waals surface area contributed by atoms with Crippen LogP contribution in [0.25, 0.3) is 0 Å². The van der Waals surface area contributed by atoms with E-state index >= 15 is 0 Å². The van der Waals surface area contributed by atoms with Crippen LogP contribution in [0.3, 0.4) is 0 Å². The van der Waals surface area contributed by atoms with E-state index in [0.717, 1.165) is 0 Å². The number of carboxylic acids is 2. The van der Waals surface area contributed by atoms with Crippen molar-refractivity contribution in [3.63, 3.8) is 0 Å². The lowest BCUT2D eigenvalue weighted by Crippen LogP contribution is -2.57. The topological polar surface area (TPSA) is 113 Å². The Hall–Kier alpha value is -1.63. The van der Waals surface area contributed by atoms with Crippen LogP contribution >= 0.6 is 0 Å². The van der Waals surface area contributed by atoms with E-state index in [1.54, 1.807) is 0 Å². The van der Waals surface area contributed by atoms with Gasteiger partial charge in [0.2, 0.25) is 5.91 Å². The van der Waals surface area contributed by atoms with Gasteiger partial charge in [-0.2, -0.15) is 0 Å². The van der Waals surface area contributed by atoms with Gasteiger partial charge in [0.15, 0.2) is 0 Å². The number of aliphatic carboxylic acids is 2. The third-order valence-corrected chi connectivity index (χ3v) is 3.17. The van der Waals surface area contributed by atoms with Gasteiger partial charge in [0, 0.05) is 6.42 Å². The molecule has 0 aromatic heterocycles. The molecule has 1 amide bonds. The van der Waals surface area contributed by atoms with E-state index < -0.39 is 23.4 Å². The van der Waals surface area contributed by atoms with Gasteiger partial charge in [-0.3, -0.25) is 9.59 Å². The number of hydrogen-bond acceptors (Lipinski definition) is 4. The second kappa shape index (κ2) is 5.81. The van der Waals surface area contributed by atoms with E-state index in [9.17, 15) is 14.4 Å². The summed E-state index contributed by atoms with van der Waals surface area (Å²) < 4.78 is 4.99. The van der Waals surface area contributed by atoms with Gasteiger partial charge in [-0.1, -0.05) is 6.92 Å². The number of carbonyl (C=O) groups excluding carboxylic acids is 1. The van der Waals surface area contributed by atoms with Crippen molar-refractivity contribution < 1.29 is 29.3 Å². The molecule has 0 radical (unpaired) electrons. The Morgan fingerprint density at radius 3 is 2.28 bits per heavy atom. The zero-order valence-corrected chi connectivity index (χ0v) is 10.1. The molecule has 0 spiro atoms. The summed E-state index contributed by atoms with van der Waals surface area (Å²) in [7, 11) is 0. The van der Waals surface area contributed by atoms with Crippen molar-refractivity contribution in [3.8, 4) is 0 Å². The Morgan fingerprint density at radius 2 is 1.94 bits per heavy atom. The van der Waals surface area contributed by atoms with Gasteiger partial charge in [0.05, 0.1) is 18.6 Å². The van der Waals surface area contributed by atoms with Gasteiger partial charge in [-0.15, -0.1) is 0 Å². The van der Waals surface area contributed by atoms with Crippen LogP contribution in [0.2, 0.25) is 0 Å². The molecule has 1 aliphatic heterocycles. The minimum absolute atomic E-state index is 0.128. The first-order valence-electron chi connectivity index (χ1n) is 5.74. The second-order valence-corrected chi connectivity index (χ2v) is 4.42. The SMILES string of the molecule is CCC1(C(=O)NC(CCC(=O)O)C(=O)O)COC1. The molecule has 0 aliphatic carbocycles. The lowest BCUT2D eigenvalue weighted by Gasteiger charge is -2.39. The predicted octanol–water partition coefficient (Wildman–Crippen LogP) is -0.153. The van der Waals surface area contributed by atoms with Gasteiger partial charge in [-0.25, -0.2) is 4.79 Å². The zero-order valence-electron chi connectivity index (χ0n) is 10.1. The molecule has 3 N–H and O–H groups in total. The van der Waals surface area contributed by atoms with E-state index in [2.05, 4.69) is 5.32 Å². The first-order valence-corrected chi connectivity index (χ1v) is 5.74. The molecule has 0 aromatic carbocycles. The summed E-state index contributed by atoms with van der Waals surface area (Å²) >= 11 is 0. The minimum atomic E-state index is -1.23. The average Bonchev–Trinajstić information content (AvgIpc) is 2.22. The van der Waals surface area contributed by atoms with Gasteiger partial charge >= 0.3 is 11.9 Å². The van der Waals surface area contributed by atoms with Crippen LogP contribution in [0.1, 0.15) is 26.2 Å². The summed E-state index contributed by atoms with van der Waals surface area (Å²) in [5, 5.41) is 19.8. The monoisotopic (exact) mass is 259 g/mol. The molecular formula is C11H17NO6. The van der Waals surface area contributed by atoms with E-state index in [4.69, 9.17) is 14.9 Å². The van der Waals surface area contributed by atoms with Crippen molar-refractivity contribution in [2.75, 3.05) is 13.2 Å². The summed E-state index contributed by atoms with van der Waals surface area (Å²) in [4.78, 5) is 33.3. The van der Waals surface area contributed by atoms with Crippen LogP contribution in [0.4, 0.5) is 0 Å². The Balaban J connectivity index is 2.57. The third-order valence-electron chi connectivity index (χ3n) is 3.17. The summed E-state index contributed by atoms with van der Waals surface area (Å²) in [5.41, 5.74) is -0.656. The molecule has 18 heavy (non-hydrogen) atoms. The molecule has 102 valence electrons. The van der Waals surface area contributed by atoms with Crippen molar-refractivity contribution in [2.45, 2.75) is 32.2 Å². The third kappa shape index (κ3) is 3.19. The molecule has 1 aliphatic rings. The van der Waals surface area contributed by atoms with Gasteiger partial charge in [0.25, 0.3) is 0 Å². The number of nitrogens with one attached hydrogen (secondary N) is 1. The molecule has 1 unspecified atom stereocenters. The van der Waals surface area contributed by atoms with Crippen molar-refractivity contribution in [2.24, 2.45) is 5.41 Å². The molecule has 0 saturated carbocycles. The molecule has 7 nitrogen and oxygen atoms in total. The van der Waals surface area contributed by atoms with Crippen LogP contribution in [0.5, 0.6) is 0 Å². The molecule has 1 atom stereocenters. The number of rotatable bonds is 7. The smallest absolute Gasteiger partial charge is 0.326 e. The molecule has 1 rings (SSSR count). The fourth-order valence-corrected chi connectivity index (χ4v) is 1.68. The molecule has 1 heterocycles. The minimum Gasteiger partial charge on any atom is -0.481 e. The van der Waals surface area contributed by atoms with Crippen LogP contribution in [-0.2, 0) is 19.1 Å². The van der Waals surface area contributed by atoms with Crippen LogP contribution in [0, 0.1) is 5.41 Å². The highest BCUT2D eigenvalue weighted by Crippen LogP contribution is 2.31. The lowest BCUT2D eigenvalue weighted by atomic mass is 9.82. The molecular weight excluding hydrogens is 242 g/mol. The number of carboxylic acid groups (broad SMARTS) is 2. The maximum absolute atomic E-state index is 11.9. The van der Waals surface area contributed by atoms with Gasteiger partial charge < -0.3 is 20.3 Å². The first-order chi connectivity index (χ1) is 8.41. The predicted molar refractivity (Wildman–Crippen MR) is 60.0 cm³/mol. The van der Waals surface area contributed by atoms with Gasteiger partial charge in [-0.05, 0) is 12.8 Å². The second-order valence-electron chi connectivity index (χ2n) is 4.42. The molecule has 0 bridgehead atoms. The van der Waals surface area contributed by atoms with E-state index in [1.165, 1.54) is 0 Å². The largest absolute Gasteiger partial charge is 0.481 e. The van der Waals surface area contributed by atoms with E-state index in [0.29, 0.717) is 6.42 Å². The van der Waals surface area contributed by atoms with E-state index in [1.807, 2.05) is 6.92 Å². The molecule has 7 heteroatoms. The van der Waals surface area contributed by atoms with Crippen LogP contribution in [-0.4, -0.2) is 47.3 Å². The Morgan fingerprint density at radius 1 is 1.33 bits per heavy atom. The lowest BCUT2D eigenvalue weighted by molar-refractivity contribution is -0.165. The summed E-state index contributed by atoms with van der Waals surface area (Å²) in [5.74, 6) is -2.70. The van der Waals surface area contributed by atoms with Crippen molar-refractivity contribution in [3.05, 3.63) is 0 Å². The van der Waals surface area contributed by atoms with Crippen LogP contribution in [0.15, 0.2) is 0 Å². The summed E-state index contributed by atoms with van der Waals surface area (Å²) in [6.45, 7) is 2.39. The zero-order chi connectivity index (χ0) is 13.8. The highest BCUT2D eigenvalue weighted by molar-refractivity contribution is 5.88. The Bertz CT molecular complexity index is 344. The maximum atomic E-state index is 11.9. The molecule has 1 saturated heterocycles. The standard InChI is InChI=1S/C11H17NO6/c1-2-11(5-18-6-11)10(17)12-7(9(15)16)3-4-8(13)14/h7H,2-6H2,1H3,(H,12,17)(H,13,14)(H,15,16). The number of carbonyl (C=O) groups is 3. The quantitative estimate of drug-likeness (QED) is 0.586. The summed E-state index contributed by atoms with van der Waals surface area (Å²) in [6.07, 6.45) is 0.133. The number of ether oxygens (including phenoxy) is 1. The van der Waals surface area contributed by atoms with Crippen molar-refractivity contribution >= 4 is 17.8 Å². The van der Waals surface area contributed by atoms with Crippen molar-refractivity contribution in [1.82, 2.24) is 5.32 Å². The number of amides is 1. The number of hydrogen-bond donors (Lipinski definition) is 3. The normalized spacial score (nSPS) is 18.5. The Kier molecular flexibility index (Phi) is 4.66. The molecule has 0 aromatic rings. The van der Waals surface area contributed by atoms with Gasteiger partial charge in [0.1, 0.15) is 6.04 Å². The average molecular weight is 259 g/mol. The summed E-state index contributed by atoms with van der Waals surface area (Å²) in [6, 6.07) is -1.17. The molecule has 1 fully saturated rings. The highest BCUT2D eigenvalue weighted by Gasteiger charge is 2.45. The van der Waals surface area contributed by atoms with Crippen molar-refractivity contribution in [1.29, 1.82) is 0 Å². The van der Waals surface area contributed by atoms with Crippen LogP contribution < -0.4 is 5.32 Å².